The van der Waals surface area contributed by atoms with Crippen molar-refractivity contribution < 1.29 is 37.0 Å². The third-order valence-electron chi connectivity index (χ3n) is 8.83. The Morgan fingerprint density at radius 2 is 1.58 bits per heavy atom. The van der Waals surface area contributed by atoms with Gasteiger partial charge >= 0.3 is 12.2 Å². The lowest BCUT2D eigenvalue weighted by molar-refractivity contribution is -0.135. The van der Waals surface area contributed by atoms with Crippen molar-refractivity contribution in [3.8, 4) is 5.75 Å². The first-order valence-electron chi connectivity index (χ1n) is 18.0. The molecule has 2 fully saturated rings. The van der Waals surface area contributed by atoms with E-state index in [1.165, 1.54) is 16.4 Å². The molecule has 2 aliphatic heterocycles. The monoisotopic (exact) mass is 818 g/mol. The number of fused-ring (bicyclic) bond motifs is 1. The van der Waals surface area contributed by atoms with Crippen LogP contribution in [0.3, 0.4) is 0 Å². The second kappa shape index (κ2) is 16.5. The highest BCUT2D eigenvalue weighted by molar-refractivity contribution is 7.89. The minimum Gasteiger partial charge on any atom is -0.487 e. The highest BCUT2D eigenvalue weighted by atomic mass is 35.5. The molecule has 2 aliphatic rings. The second-order valence-electron chi connectivity index (χ2n) is 15.5. The number of carbonyl (C=O) groups is 3. The molecule has 14 nitrogen and oxygen atoms in total. The van der Waals surface area contributed by atoms with E-state index in [2.05, 4.69) is 15.3 Å². The van der Waals surface area contributed by atoms with Crippen LogP contribution in [0.5, 0.6) is 5.75 Å². The molecule has 3 aromatic rings. The first-order valence-corrected chi connectivity index (χ1v) is 20.2. The third-order valence-corrected chi connectivity index (χ3v) is 11.7. The largest absolute Gasteiger partial charge is 0.487 e. The number of pyridine rings is 1. The predicted molar refractivity (Wildman–Crippen MR) is 210 cm³/mol. The summed E-state index contributed by atoms with van der Waals surface area (Å²) in [5.41, 5.74) is 1.19. The fourth-order valence-corrected chi connectivity index (χ4v) is 8.94. The molecular formula is C38H48Cl2N6O8S. The number of alkyl carbamates (subject to hydrolysis) is 1. The number of sulfonamides is 1. The third kappa shape index (κ3) is 10.2. The molecule has 0 bridgehead atoms. The summed E-state index contributed by atoms with van der Waals surface area (Å²) in [6, 6.07) is 9.41. The molecule has 17 heteroatoms. The number of halogens is 2. The quantitative estimate of drug-likeness (QED) is 0.206. The van der Waals surface area contributed by atoms with Crippen molar-refractivity contribution in [2.45, 2.75) is 97.0 Å². The Bertz CT molecular complexity index is 2110. The van der Waals surface area contributed by atoms with Gasteiger partial charge in [-0.2, -0.15) is 4.31 Å². The number of guanidine groups is 1. The van der Waals surface area contributed by atoms with Crippen LogP contribution in [-0.4, -0.2) is 102 Å². The molecule has 0 aliphatic carbocycles. The zero-order valence-electron chi connectivity index (χ0n) is 32.4. The summed E-state index contributed by atoms with van der Waals surface area (Å²) in [5, 5.41) is 3.60. The SMILES string of the molecule is Cc1cc(C)c2cccc(OCc3c(Cl)ccc(S(=O)(=O)N4CCC[C@H]4C(=O)N4CCN(C(=NC(=O)OC(C)(C)C)NC(=O)OC(C)(C)C)CC4)c3Cl)c2n1. The number of ether oxygens (including phenoxy) is 3. The maximum Gasteiger partial charge on any atom is 0.437 e. The van der Waals surface area contributed by atoms with Crippen molar-refractivity contribution in [1.82, 2.24) is 24.4 Å². The molecular weight excluding hydrogens is 771 g/mol. The van der Waals surface area contributed by atoms with Crippen molar-refractivity contribution in [2.24, 2.45) is 4.99 Å². The Kier molecular flexibility index (Phi) is 12.6. The van der Waals surface area contributed by atoms with Gasteiger partial charge in [-0.05, 0) is 98.1 Å². The first kappa shape index (κ1) is 42.0. The number of hydrogen-bond acceptors (Lipinski definition) is 9. The minimum atomic E-state index is -4.27. The lowest BCUT2D eigenvalue weighted by Gasteiger charge is -2.38. The van der Waals surface area contributed by atoms with Crippen molar-refractivity contribution in [3.05, 3.63) is 63.3 Å². The number of benzene rings is 2. The summed E-state index contributed by atoms with van der Waals surface area (Å²) in [6.45, 7) is 14.8. The van der Waals surface area contributed by atoms with Crippen LogP contribution >= 0.6 is 23.2 Å². The van der Waals surface area contributed by atoms with E-state index in [1.54, 1.807) is 57.4 Å². The normalized spacial score (nSPS) is 17.3. The van der Waals surface area contributed by atoms with E-state index in [1.807, 2.05) is 32.0 Å². The van der Waals surface area contributed by atoms with E-state index in [4.69, 9.17) is 37.4 Å². The maximum absolute atomic E-state index is 14.2. The zero-order valence-corrected chi connectivity index (χ0v) is 34.7. The maximum atomic E-state index is 14.2. The van der Waals surface area contributed by atoms with E-state index in [9.17, 15) is 22.8 Å². The molecule has 2 saturated heterocycles. The second-order valence-corrected chi connectivity index (χ2v) is 18.1. The molecule has 2 aromatic carbocycles. The first-order chi connectivity index (χ1) is 25.6. The van der Waals surface area contributed by atoms with Crippen LogP contribution in [0, 0.1) is 13.8 Å². The summed E-state index contributed by atoms with van der Waals surface area (Å²) in [7, 11) is -4.27. The summed E-state index contributed by atoms with van der Waals surface area (Å²) >= 11 is 13.4. The highest BCUT2D eigenvalue weighted by Crippen LogP contribution is 2.37. The van der Waals surface area contributed by atoms with E-state index in [-0.39, 0.29) is 71.7 Å². The van der Waals surface area contributed by atoms with Gasteiger partial charge in [-0.3, -0.25) is 10.1 Å². The number of rotatable bonds is 6. The molecule has 1 atom stereocenters. The van der Waals surface area contributed by atoms with Crippen LogP contribution < -0.4 is 10.1 Å². The van der Waals surface area contributed by atoms with E-state index >= 15 is 0 Å². The van der Waals surface area contributed by atoms with Crippen LogP contribution in [0.1, 0.15) is 71.2 Å². The molecule has 298 valence electrons. The fraction of sp³-hybridized carbons (Fsp3) is 0.500. The Morgan fingerprint density at radius 3 is 2.24 bits per heavy atom. The van der Waals surface area contributed by atoms with Crippen LogP contribution in [-0.2, 0) is 30.9 Å². The number of hydrogen-bond donors (Lipinski definition) is 1. The number of nitrogens with zero attached hydrogens (tertiary/aromatic N) is 5. The van der Waals surface area contributed by atoms with Gasteiger partial charge in [0.2, 0.25) is 21.9 Å². The molecule has 5 rings (SSSR count). The van der Waals surface area contributed by atoms with Crippen LogP contribution in [0.15, 0.2) is 46.3 Å². The molecule has 3 heterocycles. The van der Waals surface area contributed by atoms with Crippen LogP contribution in [0.4, 0.5) is 9.59 Å². The van der Waals surface area contributed by atoms with Gasteiger partial charge in [0.25, 0.3) is 0 Å². The van der Waals surface area contributed by atoms with Crippen molar-refractivity contribution in [1.29, 1.82) is 0 Å². The number of aromatic nitrogens is 1. The van der Waals surface area contributed by atoms with Gasteiger partial charge in [-0.25, -0.2) is 23.0 Å². The van der Waals surface area contributed by atoms with E-state index < -0.39 is 39.5 Å². The molecule has 3 amide bonds. The number of piperazine rings is 1. The number of aliphatic imine (C=N–C) groups is 1. The predicted octanol–water partition coefficient (Wildman–Crippen LogP) is 6.85. The molecule has 55 heavy (non-hydrogen) atoms. The summed E-state index contributed by atoms with van der Waals surface area (Å²) in [6.07, 6.45) is -0.935. The van der Waals surface area contributed by atoms with Gasteiger partial charge in [-0.15, -0.1) is 4.99 Å². The average molecular weight is 820 g/mol. The molecule has 1 N–H and O–H groups in total. The van der Waals surface area contributed by atoms with Gasteiger partial charge in [0.1, 0.15) is 40.0 Å². The van der Waals surface area contributed by atoms with Gasteiger partial charge in [-0.1, -0.05) is 35.3 Å². The molecule has 0 saturated carbocycles. The Balaban J connectivity index is 1.31. The smallest absolute Gasteiger partial charge is 0.437 e. The van der Waals surface area contributed by atoms with Crippen LogP contribution in [0.2, 0.25) is 10.0 Å². The van der Waals surface area contributed by atoms with Crippen molar-refractivity contribution in [2.75, 3.05) is 32.7 Å². The van der Waals surface area contributed by atoms with Crippen molar-refractivity contribution in [3.63, 3.8) is 0 Å². The fourth-order valence-electron chi connectivity index (χ4n) is 6.42. The lowest BCUT2D eigenvalue weighted by atomic mass is 10.1. The van der Waals surface area contributed by atoms with Gasteiger partial charge in [0, 0.05) is 54.4 Å². The number of para-hydroxylation sites is 1. The summed E-state index contributed by atoms with van der Waals surface area (Å²) in [4.78, 5) is 50.9. The Morgan fingerprint density at radius 1 is 0.927 bits per heavy atom. The topological polar surface area (TPSA) is 160 Å². The van der Waals surface area contributed by atoms with Gasteiger partial charge < -0.3 is 24.0 Å². The van der Waals surface area contributed by atoms with Crippen molar-refractivity contribution >= 4 is 68.2 Å². The zero-order chi connectivity index (χ0) is 40.5. The summed E-state index contributed by atoms with van der Waals surface area (Å²) < 4.78 is 46.5. The Hall–Kier alpha value is -4.18. The highest BCUT2D eigenvalue weighted by Gasteiger charge is 2.43. The van der Waals surface area contributed by atoms with E-state index in [0.717, 1.165) is 16.6 Å². The van der Waals surface area contributed by atoms with E-state index in [0.29, 0.717) is 24.1 Å². The molecule has 0 radical (unpaired) electrons. The number of nitrogens with one attached hydrogen (secondary N) is 1. The molecule has 1 aromatic heterocycles. The molecule has 0 spiro atoms. The summed E-state index contributed by atoms with van der Waals surface area (Å²) in [5.74, 6) is 0.0489. The molecule has 0 unspecified atom stereocenters. The van der Waals surface area contributed by atoms with Gasteiger partial charge in [0.05, 0.1) is 5.02 Å². The number of aryl methyl sites for hydroxylation is 2. The Labute approximate surface area is 332 Å². The van der Waals surface area contributed by atoms with Crippen LogP contribution in [0.25, 0.3) is 10.9 Å². The van der Waals surface area contributed by atoms with Gasteiger partial charge in [0.15, 0.2) is 0 Å². The minimum absolute atomic E-state index is 0.0835. The number of amides is 3. The average Bonchev–Trinajstić information content (AvgIpc) is 3.57. The number of carbonyl (C=O) groups excluding carboxylic acids is 3. The lowest BCUT2D eigenvalue weighted by Crippen LogP contribution is -2.57. The standard InChI is InChI=1S/C38H48Cl2N6O8S/c1-23-21-24(2)41-32-25(23)11-9-13-29(32)52-22-26-27(39)14-15-30(31(26)40)55(50,51)46-16-10-12-28(46)33(47)44-17-19-45(20-18-44)34(42-35(48)53-37(3,4)5)43-36(49)54-38(6,7)8/h9,11,13-15,21,28H,10,12,16-20,22H2,1-8H3,(H,42,43,48,49)/t28-/m0/s1.